The number of benzene rings is 3. The summed E-state index contributed by atoms with van der Waals surface area (Å²) < 4.78 is 5.09. The largest absolute Gasteiger partial charge is 0.427 e. The molecule has 0 radical (unpaired) electrons. The van der Waals surface area contributed by atoms with E-state index < -0.39 is 35.3 Å². The average molecular weight is 530 g/mol. The molecule has 3 aliphatic heterocycles. The minimum Gasteiger partial charge on any atom is -0.427 e. The molecule has 6 rings (SSSR count). The van der Waals surface area contributed by atoms with E-state index in [0.717, 1.165) is 10.5 Å². The van der Waals surface area contributed by atoms with E-state index >= 15 is 0 Å². The lowest BCUT2D eigenvalue weighted by atomic mass is 9.76. The molecule has 3 heterocycles. The number of carbonyl (C=O) groups excluding carboxylic acids is 4. The van der Waals surface area contributed by atoms with Crippen LogP contribution in [0, 0.1) is 18.8 Å². The van der Waals surface area contributed by atoms with Gasteiger partial charge in [0.05, 0.1) is 23.2 Å². The van der Waals surface area contributed by atoms with Crippen LogP contribution in [-0.2, 0) is 31.1 Å². The Labute approximate surface area is 223 Å². The van der Waals surface area contributed by atoms with Crippen molar-refractivity contribution in [3.63, 3.8) is 0 Å². The van der Waals surface area contributed by atoms with Crippen molar-refractivity contribution in [1.82, 2.24) is 5.32 Å². The summed E-state index contributed by atoms with van der Waals surface area (Å²) in [6.45, 7) is 3.11. The molecular weight excluding hydrogens is 506 g/mol. The first-order chi connectivity index (χ1) is 18.2. The van der Waals surface area contributed by atoms with Gasteiger partial charge in [-0.05, 0) is 54.8 Å². The minimum atomic E-state index is -1.42. The third-order valence-electron chi connectivity index (χ3n) is 7.74. The number of amides is 3. The van der Waals surface area contributed by atoms with Crippen LogP contribution in [0.1, 0.15) is 23.6 Å². The lowest BCUT2D eigenvalue weighted by Gasteiger charge is -2.29. The maximum atomic E-state index is 14.1. The molecule has 192 valence electrons. The highest BCUT2D eigenvalue weighted by molar-refractivity contribution is 6.32. The number of halogens is 1. The molecule has 2 fully saturated rings. The molecule has 8 nitrogen and oxygen atoms in total. The Morgan fingerprint density at radius 2 is 1.71 bits per heavy atom. The summed E-state index contributed by atoms with van der Waals surface area (Å²) in [6.07, 6.45) is 0.456. The Morgan fingerprint density at radius 1 is 1.00 bits per heavy atom. The molecule has 3 aromatic rings. The van der Waals surface area contributed by atoms with Gasteiger partial charge in [-0.15, -0.1) is 0 Å². The normalized spacial score (nSPS) is 25.5. The van der Waals surface area contributed by atoms with Crippen LogP contribution in [0.3, 0.4) is 0 Å². The average Bonchev–Trinajstić information content (AvgIpc) is 3.47. The summed E-state index contributed by atoms with van der Waals surface area (Å²) in [6, 6.07) is 18.8. The minimum absolute atomic E-state index is 0.303. The van der Waals surface area contributed by atoms with E-state index in [1.165, 1.54) is 19.1 Å². The molecule has 3 aliphatic rings. The van der Waals surface area contributed by atoms with Crippen molar-refractivity contribution >= 4 is 46.7 Å². The smallest absolute Gasteiger partial charge is 0.308 e. The second-order valence-corrected chi connectivity index (χ2v) is 10.3. The van der Waals surface area contributed by atoms with Crippen LogP contribution < -0.4 is 20.3 Å². The molecule has 2 saturated heterocycles. The highest BCUT2D eigenvalue weighted by Crippen LogP contribution is 2.55. The summed E-state index contributed by atoms with van der Waals surface area (Å²) in [4.78, 5) is 54.3. The van der Waals surface area contributed by atoms with E-state index in [1.807, 2.05) is 37.3 Å². The molecule has 1 spiro atoms. The number of anilines is 2. The highest BCUT2D eigenvalue weighted by atomic mass is 35.5. The molecule has 4 atom stereocenters. The standard InChI is InChI=1S/C29H24ClN3O5/c1-15-21(30)13-12-20-25(15)31-28(37)29(20)24-23(22(32-29)14-17-6-4-3-5-7-17)26(35)33(27(24)36)18-8-10-19(11-9-18)38-16(2)34/h3-13,22-24,32H,14H2,1-2H3,(H,31,37)/t22-,23+,24-,29-/m0/s1. The Kier molecular flexibility index (Phi) is 5.63. The predicted molar refractivity (Wildman–Crippen MR) is 141 cm³/mol. The number of esters is 1. The van der Waals surface area contributed by atoms with Gasteiger partial charge in [-0.2, -0.15) is 0 Å². The number of ether oxygens (including phenoxy) is 1. The van der Waals surface area contributed by atoms with E-state index in [0.29, 0.717) is 39.7 Å². The van der Waals surface area contributed by atoms with Crippen molar-refractivity contribution in [2.75, 3.05) is 10.2 Å². The van der Waals surface area contributed by atoms with Gasteiger partial charge in [-0.3, -0.25) is 24.5 Å². The lowest BCUT2D eigenvalue weighted by molar-refractivity contribution is -0.132. The van der Waals surface area contributed by atoms with Crippen LogP contribution in [0.5, 0.6) is 5.75 Å². The Morgan fingerprint density at radius 3 is 2.39 bits per heavy atom. The molecule has 0 aromatic heterocycles. The van der Waals surface area contributed by atoms with Crippen LogP contribution in [0.15, 0.2) is 66.7 Å². The number of hydrogen-bond acceptors (Lipinski definition) is 6. The van der Waals surface area contributed by atoms with E-state index in [4.69, 9.17) is 16.3 Å². The summed E-state index contributed by atoms with van der Waals surface area (Å²) in [7, 11) is 0. The maximum Gasteiger partial charge on any atom is 0.308 e. The van der Waals surface area contributed by atoms with E-state index in [9.17, 15) is 19.2 Å². The van der Waals surface area contributed by atoms with Crippen LogP contribution in [0.25, 0.3) is 0 Å². The summed E-state index contributed by atoms with van der Waals surface area (Å²) in [5.74, 6) is -3.12. The zero-order chi connectivity index (χ0) is 26.8. The molecule has 2 N–H and O–H groups in total. The fraction of sp³-hybridized carbons (Fsp3) is 0.241. The third kappa shape index (κ3) is 3.48. The van der Waals surface area contributed by atoms with Crippen LogP contribution >= 0.6 is 11.6 Å². The van der Waals surface area contributed by atoms with Crippen molar-refractivity contribution in [3.05, 3.63) is 88.4 Å². The zero-order valence-electron chi connectivity index (χ0n) is 20.7. The second kappa shape index (κ2) is 8.79. The molecule has 0 aliphatic carbocycles. The Balaban J connectivity index is 1.46. The van der Waals surface area contributed by atoms with Crippen molar-refractivity contribution in [2.24, 2.45) is 11.8 Å². The first-order valence-electron chi connectivity index (χ1n) is 12.3. The number of nitrogens with one attached hydrogen (secondary N) is 2. The van der Waals surface area contributed by atoms with E-state index in [1.54, 1.807) is 24.3 Å². The fourth-order valence-corrected chi connectivity index (χ4v) is 6.27. The number of fused-ring (bicyclic) bond motifs is 4. The molecule has 9 heteroatoms. The van der Waals surface area contributed by atoms with E-state index in [2.05, 4.69) is 10.6 Å². The maximum absolute atomic E-state index is 14.1. The number of carbonyl (C=O) groups is 4. The van der Waals surface area contributed by atoms with Crippen molar-refractivity contribution < 1.29 is 23.9 Å². The Bertz CT molecular complexity index is 1510. The summed E-state index contributed by atoms with van der Waals surface area (Å²) in [5, 5.41) is 6.89. The number of imide groups is 1. The number of nitrogens with zero attached hydrogens (tertiary/aromatic N) is 1. The third-order valence-corrected chi connectivity index (χ3v) is 8.15. The molecule has 0 unspecified atom stereocenters. The molecule has 3 amide bonds. The van der Waals surface area contributed by atoms with Gasteiger partial charge in [-0.25, -0.2) is 4.90 Å². The fourth-order valence-electron chi connectivity index (χ4n) is 6.12. The molecule has 38 heavy (non-hydrogen) atoms. The monoisotopic (exact) mass is 529 g/mol. The molecule has 0 bridgehead atoms. The van der Waals surface area contributed by atoms with Gasteiger partial charge in [0.25, 0.3) is 0 Å². The lowest BCUT2D eigenvalue weighted by Crippen LogP contribution is -2.53. The highest BCUT2D eigenvalue weighted by Gasteiger charge is 2.70. The quantitative estimate of drug-likeness (QED) is 0.303. The van der Waals surface area contributed by atoms with Crippen LogP contribution in [-0.4, -0.2) is 29.7 Å². The number of hydrogen-bond donors (Lipinski definition) is 2. The number of rotatable bonds is 4. The van der Waals surface area contributed by atoms with Gasteiger partial charge < -0.3 is 10.1 Å². The second-order valence-electron chi connectivity index (χ2n) is 9.90. The van der Waals surface area contributed by atoms with Crippen molar-refractivity contribution in [1.29, 1.82) is 0 Å². The Hall–Kier alpha value is -4.01. The first-order valence-corrected chi connectivity index (χ1v) is 12.7. The predicted octanol–water partition coefficient (Wildman–Crippen LogP) is 3.74. The first kappa shape index (κ1) is 24.3. The molecule has 0 saturated carbocycles. The SMILES string of the molecule is CC(=O)Oc1ccc(N2C(=O)[C@@H]3[C@H](Cc4ccccc4)N[C@]4(C(=O)Nc5c4ccc(Cl)c5C)[C@@H]3C2=O)cc1. The van der Waals surface area contributed by atoms with Gasteiger partial charge in [-0.1, -0.05) is 48.0 Å². The summed E-state index contributed by atoms with van der Waals surface area (Å²) >= 11 is 6.35. The van der Waals surface area contributed by atoms with Gasteiger partial charge in [0, 0.05) is 23.6 Å². The van der Waals surface area contributed by atoms with Crippen molar-refractivity contribution in [3.8, 4) is 5.75 Å². The topological polar surface area (TPSA) is 105 Å². The van der Waals surface area contributed by atoms with Gasteiger partial charge in [0.2, 0.25) is 17.7 Å². The summed E-state index contributed by atoms with van der Waals surface area (Å²) in [5.41, 5.74) is 1.80. The molecular formula is C29H24ClN3O5. The zero-order valence-corrected chi connectivity index (χ0v) is 21.4. The van der Waals surface area contributed by atoms with Crippen LogP contribution in [0.2, 0.25) is 5.02 Å². The van der Waals surface area contributed by atoms with Gasteiger partial charge >= 0.3 is 5.97 Å². The molecule has 3 aromatic carbocycles. The van der Waals surface area contributed by atoms with Crippen molar-refractivity contribution in [2.45, 2.75) is 31.8 Å². The van der Waals surface area contributed by atoms with Gasteiger partial charge in [0.1, 0.15) is 11.3 Å². The van der Waals surface area contributed by atoms with E-state index in [-0.39, 0.29) is 11.8 Å². The van der Waals surface area contributed by atoms with Gasteiger partial charge in [0.15, 0.2) is 0 Å². The van der Waals surface area contributed by atoms with Crippen LogP contribution in [0.4, 0.5) is 11.4 Å².